The Morgan fingerprint density at radius 3 is 2.41 bits per heavy atom. The van der Waals surface area contributed by atoms with Gasteiger partial charge in [-0.15, -0.1) is 0 Å². The molecule has 3 aromatic rings. The molecule has 2 aromatic carbocycles. The Hall–Kier alpha value is -3.47. The Balaban J connectivity index is 1.39. The van der Waals surface area contributed by atoms with Crippen LogP contribution >= 0.6 is 0 Å². The zero-order valence-corrected chi connectivity index (χ0v) is 16.2. The number of carbonyl (C=O) groups is 2. The molecular formula is C24H23N3O2. The van der Waals surface area contributed by atoms with Crippen LogP contribution in [0.5, 0.6) is 0 Å². The number of hydrogen-bond donors (Lipinski definition) is 1. The monoisotopic (exact) mass is 385 g/mol. The average Bonchev–Trinajstić information content (AvgIpc) is 2.79. The van der Waals surface area contributed by atoms with Crippen LogP contribution in [0.2, 0.25) is 0 Å². The standard InChI is InChI=1S/C24H23N3O2/c28-23(25-15-13-18-7-2-1-3-8-18)21-11-6-12-22(26-21)24(29)27-16-14-19-9-4-5-10-20(19)17-27/h1-12H,13-17H2,(H,25,28). The van der Waals surface area contributed by atoms with E-state index in [1.807, 2.05) is 42.5 Å². The molecule has 146 valence electrons. The lowest BCUT2D eigenvalue weighted by Gasteiger charge is -2.28. The van der Waals surface area contributed by atoms with Crippen molar-refractivity contribution in [3.8, 4) is 0 Å². The number of pyridine rings is 1. The summed E-state index contributed by atoms with van der Waals surface area (Å²) in [6, 6.07) is 23.2. The third kappa shape index (κ3) is 4.51. The van der Waals surface area contributed by atoms with Gasteiger partial charge in [0.05, 0.1) is 0 Å². The van der Waals surface area contributed by atoms with Gasteiger partial charge in [0, 0.05) is 19.6 Å². The van der Waals surface area contributed by atoms with Crippen molar-refractivity contribution in [2.24, 2.45) is 0 Å². The predicted octanol–water partition coefficient (Wildman–Crippen LogP) is 3.25. The lowest BCUT2D eigenvalue weighted by atomic mass is 10.00. The summed E-state index contributed by atoms with van der Waals surface area (Å²) in [5, 5.41) is 2.88. The van der Waals surface area contributed by atoms with Crippen LogP contribution in [0.25, 0.3) is 0 Å². The molecule has 5 nitrogen and oxygen atoms in total. The highest BCUT2D eigenvalue weighted by atomic mass is 16.2. The molecule has 1 aromatic heterocycles. The van der Waals surface area contributed by atoms with E-state index in [4.69, 9.17) is 0 Å². The number of carbonyl (C=O) groups excluding carboxylic acids is 2. The highest BCUT2D eigenvalue weighted by molar-refractivity contribution is 5.96. The molecule has 0 spiro atoms. The largest absolute Gasteiger partial charge is 0.350 e. The minimum atomic E-state index is -0.264. The normalized spacial score (nSPS) is 12.9. The second-order valence-electron chi connectivity index (χ2n) is 7.14. The smallest absolute Gasteiger partial charge is 0.272 e. The number of rotatable bonds is 5. The second-order valence-corrected chi connectivity index (χ2v) is 7.14. The average molecular weight is 385 g/mol. The molecule has 0 bridgehead atoms. The van der Waals surface area contributed by atoms with E-state index in [1.165, 1.54) is 11.1 Å². The molecule has 0 unspecified atom stereocenters. The van der Waals surface area contributed by atoms with Crippen molar-refractivity contribution in [2.75, 3.05) is 13.1 Å². The van der Waals surface area contributed by atoms with Crippen LogP contribution in [-0.4, -0.2) is 34.8 Å². The quantitative estimate of drug-likeness (QED) is 0.733. The molecule has 0 aliphatic carbocycles. The van der Waals surface area contributed by atoms with E-state index in [2.05, 4.69) is 22.4 Å². The van der Waals surface area contributed by atoms with Crippen LogP contribution < -0.4 is 5.32 Å². The molecule has 1 aliphatic rings. The van der Waals surface area contributed by atoms with Gasteiger partial charge in [-0.05, 0) is 41.7 Å². The number of hydrogen-bond acceptors (Lipinski definition) is 3. The number of nitrogens with zero attached hydrogens (tertiary/aromatic N) is 2. The van der Waals surface area contributed by atoms with Gasteiger partial charge in [-0.2, -0.15) is 0 Å². The topological polar surface area (TPSA) is 62.3 Å². The van der Waals surface area contributed by atoms with E-state index >= 15 is 0 Å². The van der Waals surface area contributed by atoms with Gasteiger partial charge < -0.3 is 10.2 Å². The minimum Gasteiger partial charge on any atom is -0.350 e. The summed E-state index contributed by atoms with van der Waals surface area (Å²) < 4.78 is 0. The van der Waals surface area contributed by atoms with Crippen LogP contribution in [0.3, 0.4) is 0 Å². The van der Waals surface area contributed by atoms with Gasteiger partial charge in [-0.1, -0.05) is 60.7 Å². The maximum atomic E-state index is 12.9. The van der Waals surface area contributed by atoms with Crippen LogP contribution in [0, 0.1) is 0 Å². The van der Waals surface area contributed by atoms with Crippen LogP contribution in [0.15, 0.2) is 72.8 Å². The molecular weight excluding hydrogens is 362 g/mol. The Bertz CT molecular complexity index is 1020. The third-order valence-corrected chi connectivity index (χ3v) is 5.16. The fraction of sp³-hybridized carbons (Fsp3) is 0.208. The Morgan fingerprint density at radius 1 is 0.862 bits per heavy atom. The molecule has 2 amide bonds. The molecule has 0 radical (unpaired) electrons. The summed E-state index contributed by atoms with van der Waals surface area (Å²) in [5.41, 5.74) is 4.19. The Labute approximate surface area is 170 Å². The van der Waals surface area contributed by atoms with Gasteiger partial charge in [0.15, 0.2) is 0 Å². The van der Waals surface area contributed by atoms with Crippen molar-refractivity contribution in [3.63, 3.8) is 0 Å². The third-order valence-electron chi connectivity index (χ3n) is 5.16. The summed E-state index contributed by atoms with van der Waals surface area (Å²) in [6.45, 7) is 1.75. The van der Waals surface area contributed by atoms with Crippen molar-refractivity contribution in [1.29, 1.82) is 0 Å². The van der Waals surface area contributed by atoms with E-state index in [9.17, 15) is 9.59 Å². The van der Waals surface area contributed by atoms with Gasteiger partial charge in [0.2, 0.25) is 0 Å². The molecule has 0 saturated carbocycles. The lowest BCUT2D eigenvalue weighted by molar-refractivity contribution is 0.0728. The van der Waals surface area contributed by atoms with Crippen molar-refractivity contribution in [1.82, 2.24) is 15.2 Å². The first-order chi connectivity index (χ1) is 14.2. The minimum absolute atomic E-state index is 0.140. The van der Waals surface area contributed by atoms with E-state index in [0.717, 1.165) is 18.4 Å². The number of amides is 2. The zero-order chi connectivity index (χ0) is 20.1. The number of fused-ring (bicyclic) bond motifs is 1. The van der Waals surface area contributed by atoms with Crippen molar-refractivity contribution in [3.05, 3.63) is 101 Å². The summed E-state index contributed by atoms with van der Waals surface area (Å²) in [4.78, 5) is 31.5. The lowest BCUT2D eigenvalue weighted by Crippen LogP contribution is -2.36. The van der Waals surface area contributed by atoms with Gasteiger partial charge in [0.1, 0.15) is 11.4 Å². The number of nitrogens with one attached hydrogen (secondary N) is 1. The van der Waals surface area contributed by atoms with Gasteiger partial charge in [-0.3, -0.25) is 9.59 Å². The van der Waals surface area contributed by atoms with Crippen molar-refractivity contribution < 1.29 is 9.59 Å². The highest BCUT2D eigenvalue weighted by Crippen LogP contribution is 2.20. The highest BCUT2D eigenvalue weighted by Gasteiger charge is 2.23. The maximum Gasteiger partial charge on any atom is 0.272 e. The van der Waals surface area contributed by atoms with E-state index in [1.54, 1.807) is 23.1 Å². The molecule has 1 N–H and O–H groups in total. The Morgan fingerprint density at radius 2 is 1.59 bits per heavy atom. The summed E-state index contributed by atoms with van der Waals surface area (Å²) in [6.07, 6.45) is 1.58. The molecule has 5 heteroatoms. The molecule has 0 fully saturated rings. The van der Waals surface area contributed by atoms with E-state index in [0.29, 0.717) is 25.3 Å². The molecule has 0 atom stereocenters. The predicted molar refractivity (Wildman–Crippen MR) is 112 cm³/mol. The SMILES string of the molecule is O=C(NCCc1ccccc1)c1cccc(C(=O)N2CCc3ccccc3C2)n1. The fourth-order valence-electron chi connectivity index (χ4n) is 3.57. The van der Waals surface area contributed by atoms with Gasteiger partial charge in [-0.25, -0.2) is 4.98 Å². The van der Waals surface area contributed by atoms with Crippen LogP contribution in [0.4, 0.5) is 0 Å². The second kappa shape index (κ2) is 8.69. The van der Waals surface area contributed by atoms with Crippen molar-refractivity contribution in [2.45, 2.75) is 19.4 Å². The van der Waals surface area contributed by atoms with Crippen LogP contribution in [-0.2, 0) is 19.4 Å². The summed E-state index contributed by atoms with van der Waals surface area (Å²) in [7, 11) is 0. The van der Waals surface area contributed by atoms with Crippen molar-refractivity contribution >= 4 is 11.8 Å². The number of aromatic nitrogens is 1. The van der Waals surface area contributed by atoms with Gasteiger partial charge in [0.25, 0.3) is 11.8 Å². The molecule has 4 rings (SSSR count). The molecule has 0 saturated heterocycles. The summed E-state index contributed by atoms with van der Waals surface area (Å²) in [5.74, 6) is -0.405. The van der Waals surface area contributed by atoms with Gasteiger partial charge >= 0.3 is 0 Å². The Kier molecular flexibility index (Phi) is 5.66. The molecule has 29 heavy (non-hydrogen) atoms. The first-order valence-electron chi connectivity index (χ1n) is 9.86. The maximum absolute atomic E-state index is 12.9. The fourth-order valence-corrected chi connectivity index (χ4v) is 3.57. The van der Waals surface area contributed by atoms with E-state index in [-0.39, 0.29) is 17.5 Å². The molecule has 1 aliphatic heterocycles. The van der Waals surface area contributed by atoms with E-state index < -0.39 is 0 Å². The summed E-state index contributed by atoms with van der Waals surface area (Å²) >= 11 is 0. The first kappa shape index (κ1) is 18.9. The van der Waals surface area contributed by atoms with Crippen LogP contribution in [0.1, 0.15) is 37.7 Å². The zero-order valence-electron chi connectivity index (χ0n) is 16.2. The first-order valence-corrected chi connectivity index (χ1v) is 9.86. The molecule has 2 heterocycles. The number of benzene rings is 2.